The van der Waals surface area contributed by atoms with Crippen LogP contribution in [-0.4, -0.2) is 12.6 Å². The van der Waals surface area contributed by atoms with Crippen molar-refractivity contribution in [1.29, 1.82) is 0 Å². The summed E-state index contributed by atoms with van der Waals surface area (Å²) in [5.74, 6) is 1.08. The summed E-state index contributed by atoms with van der Waals surface area (Å²) < 4.78 is 0. The van der Waals surface area contributed by atoms with E-state index in [1.165, 1.54) is 32.1 Å². The Morgan fingerprint density at radius 3 is 2.10 bits per heavy atom. The Morgan fingerprint density at radius 2 is 1.90 bits per heavy atom. The molecule has 1 N–H and O–H groups in total. The fourth-order valence-corrected chi connectivity index (χ4v) is 2.54. The molecule has 2 rings (SSSR count). The third kappa shape index (κ3) is 1.06. The third-order valence-electron chi connectivity index (χ3n) is 3.27. The van der Waals surface area contributed by atoms with E-state index >= 15 is 0 Å². The van der Waals surface area contributed by atoms with Crippen LogP contribution in [0.5, 0.6) is 0 Å². The molecular weight excluding hydrogens is 146 g/mol. The van der Waals surface area contributed by atoms with Gasteiger partial charge in [0.1, 0.15) is 0 Å². The zero-order valence-corrected chi connectivity index (χ0v) is 7.34. The highest BCUT2D eigenvalue weighted by molar-refractivity contribution is 5.85. The van der Waals surface area contributed by atoms with E-state index in [9.17, 15) is 0 Å². The molecule has 0 amide bonds. The molecule has 10 heavy (non-hydrogen) atoms. The van der Waals surface area contributed by atoms with E-state index in [2.05, 4.69) is 12.4 Å². The summed E-state index contributed by atoms with van der Waals surface area (Å²) in [6, 6.07) is 0. The molecular formula is C8H16ClN. The molecule has 0 aromatic rings. The predicted octanol–water partition coefficient (Wildman–Crippen LogP) is 1.96. The highest BCUT2D eigenvalue weighted by Crippen LogP contribution is 2.47. The van der Waals surface area contributed by atoms with Gasteiger partial charge in [-0.05, 0) is 45.1 Å². The lowest BCUT2D eigenvalue weighted by atomic mass is 9.94. The number of hydrogen-bond acceptors (Lipinski definition) is 1. The maximum absolute atomic E-state index is 3.47. The molecule has 1 nitrogen and oxygen atoms in total. The summed E-state index contributed by atoms with van der Waals surface area (Å²) in [6.07, 6.45) is 7.31. The van der Waals surface area contributed by atoms with Gasteiger partial charge in [-0.2, -0.15) is 0 Å². The molecule has 0 atom stereocenters. The van der Waals surface area contributed by atoms with E-state index in [0.29, 0.717) is 5.54 Å². The van der Waals surface area contributed by atoms with E-state index < -0.39 is 0 Å². The Labute approximate surface area is 69.0 Å². The van der Waals surface area contributed by atoms with Gasteiger partial charge in [-0.15, -0.1) is 12.4 Å². The minimum atomic E-state index is 0. The van der Waals surface area contributed by atoms with E-state index in [-0.39, 0.29) is 12.4 Å². The van der Waals surface area contributed by atoms with Crippen molar-refractivity contribution < 1.29 is 0 Å². The number of rotatable bonds is 1. The quantitative estimate of drug-likeness (QED) is 0.620. The Balaban J connectivity index is 0.000000500. The molecule has 2 aliphatic rings. The summed E-state index contributed by atoms with van der Waals surface area (Å²) >= 11 is 0. The normalized spacial score (nSPS) is 43.5. The summed E-state index contributed by atoms with van der Waals surface area (Å²) in [4.78, 5) is 0. The van der Waals surface area contributed by atoms with Crippen LogP contribution in [0, 0.1) is 5.92 Å². The van der Waals surface area contributed by atoms with Crippen LogP contribution in [-0.2, 0) is 0 Å². The van der Waals surface area contributed by atoms with Gasteiger partial charge in [-0.3, -0.25) is 0 Å². The van der Waals surface area contributed by atoms with Crippen molar-refractivity contribution in [2.75, 3.05) is 7.05 Å². The number of halogens is 1. The lowest BCUT2D eigenvalue weighted by Crippen LogP contribution is -2.37. The van der Waals surface area contributed by atoms with E-state index in [0.717, 1.165) is 5.92 Å². The molecule has 2 heteroatoms. The fraction of sp³-hybridized carbons (Fsp3) is 1.00. The van der Waals surface area contributed by atoms with Gasteiger partial charge < -0.3 is 5.32 Å². The SMILES string of the molecule is CNC12CCC(CC1)C2.Cl. The summed E-state index contributed by atoms with van der Waals surface area (Å²) in [5.41, 5.74) is 0.602. The minimum Gasteiger partial charge on any atom is -0.314 e. The van der Waals surface area contributed by atoms with Gasteiger partial charge in [0.05, 0.1) is 0 Å². The van der Waals surface area contributed by atoms with Gasteiger partial charge in [0, 0.05) is 5.54 Å². The van der Waals surface area contributed by atoms with Gasteiger partial charge in [-0.1, -0.05) is 0 Å². The first kappa shape index (κ1) is 8.35. The second-order valence-corrected chi connectivity index (χ2v) is 3.68. The Kier molecular flexibility index (Phi) is 2.26. The average Bonchev–Trinajstić information content (AvgIpc) is 2.46. The van der Waals surface area contributed by atoms with Crippen molar-refractivity contribution in [2.24, 2.45) is 5.92 Å². The maximum atomic E-state index is 3.47. The van der Waals surface area contributed by atoms with Crippen LogP contribution >= 0.6 is 12.4 Å². The molecule has 60 valence electrons. The molecule has 0 aromatic carbocycles. The van der Waals surface area contributed by atoms with Crippen molar-refractivity contribution in [3.05, 3.63) is 0 Å². The summed E-state index contributed by atoms with van der Waals surface area (Å²) in [6.45, 7) is 0. The van der Waals surface area contributed by atoms with Crippen LogP contribution < -0.4 is 5.32 Å². The summed E-state index contributed by atoms with van der Waals surface area (Å²) in [5, 5.41) is 3.47. The first-order valence-electron chi connectivity index (χ1n) is 4.04. The van der Waals surface area contributed by atoms with Crippen molar-refractivity contribution in [3.63, 3.8) is 0 Å². The average molecular weight is 162 g/mol. The van der Waals surface area contributed by atoms with Crippen LogP contribution in [0.4, 0.5) is 0 Å². The zero-order valence-electron chi connectivity index (χ0n) is 6.52. The topological polar surface area (TPSA) is 12.0 Å². The molecule has 0 heterocycles. The number of hydrogen-bond donors (Lipinski definition) is 1. The molecule has 2 fully saturated rings. The highest BCUT2D eigenvalue weighted by atomic mass is 35.5. The molecule has 0 radical (unpaired) electrons. The van der Waals surface area contributed by atoms with Crippen LogP contribution in [0.25, 0.3) is 0 Å². The molecule has 0 saturated heterocycles. The first-order chi connectivity index (χ1) is 4.35. The van der Waals surface area contributed by atoms with Gasteiger partial charge in [0.2, 0.25) is 0 Å². The van der Waals surface area contributed by atoms with E-state index in [4.69, 9.17) is 0 Å². The Morgan fingerprint density at radius 1 is 1.30 bits per heavy atom. The van der Waals surface area contributed by atoms with E-state index in [1.54, 1.807) is 0 Å². The minimum absolute atomic E-state index is 0. The highest BCUT2D eigenvalue weighted by Gasteiger charge is 2.43. The third-order valence-corrected chi connectivity index (χ3v) is 3.27. The smallest absolute Gasteiger partial charge is 0.0181 e. The molecule has 0 unspecified atom stereocenters. The van der Waals surface area contributed by atoms with Gasteiger partial charge in [0.25, 0.3) is 0 Å². The van der Waals surface area contributed by atoms with Crippen molar-refractivity contribution in [1.82, 2.24) is 5.32 Å². The Bertz CT molecular complexity index is 116. The molecule has 0 spiro atoms. The van der Waals surface area contributed by atoms with Crippen molar-refractivity contribution in [2.45, 2.75) is 37.6 Å². The lowest BCUT2D eigenvalue weighted by Gasteiger charge is -2.25. The first-order valence-corrected chi connectivity index (χ1v) is 4.04. The van der Waals surface area contributed by atoms with Crippen molar-refractivity contribution in [3.8, 4) is 0 Å². The van der Waals surface area contributed by atoms with Crippen LogP contribution in [0.1, 0.15) is 32.1 Å². The van der Waals surface area contributed by atoms with E-state index in [1.807, 2.05) is 0 Å². The van der Waals surface area contributed by atoms with Crippen LogP contribution in [0.3, 0.4) is 0 Å². The Hall–Kier alpha value is 0.250. The van der Waals surface area contributed by atoms with Crippen LogP contribution in [0.15, 0.2) is 0 Å². The molecule has 0 aromatic heterocycles. The standard InChI is InChI=1S/C8H15N.ClH/c1-9-8-4-2-7(6-8)3-5-8;/h7,9H,2-6H2,1H3;1H. The number of nitrogens with one attached hydrogen (secondary N) is 1. The van der Waals surface area contributed by atoms with Crippen molar-refractivity contribution >= 4 is 12.4 Å². The molecule has 0 aliphatic heterocycles. The second kappa shape index (κ2) is 2.71. The zero-order chi connectivity index (χ0) is 6.32. The second-order valence-electron chi connectivity index (χ2n) is 3.68. The largest absolute Gasteiger partial charge is 0.314 e. The lowest BCUT2D eigenvalue weighted by molar-refractivity contribution is 0.353. The van der Waals surface area contributed by atoms with Gasteiger partial charge in [0.15, 0.2) is 0 Å². The monoisotopic (exact) mass is 161 g/mol. The molecule has 2 saturated carbocycles. The number of fused-ring (bicyclic) bond motifs is 2. The molecule has 2 bridgehead atoms. The van der Waals surface area contributed by atoms with Crippen LogP contribution in [0.2, 0.25) is 0 Å². The maximum Gasteiger partial charge on any atom is 0.0181 e. The van der Waals surface area contributed by atoms with Gasteiger partial charge in [-0.25, -0.2) is 0 Å². The fourth-order valence-electron chi connectivity index (χ4n) is 2.54. The van der Waals surface area contributed by atoms with Gasteiger partial charge >= 0.3 is 0 Å². The predicted molar refractivity (Wildman–Crippen MR) is 45.6 cm³/mol. The molecule has 2 aliphatic carbocycles. The summed E-state index contributed by atoms with van der Waals surface area (Å²) in [7, 11) is 2.12.